The molecule has 5 heteroatoms. The number of anilines is 1. The third-order valence-electron chi connectivity index (χ3n) is 2.39. The van der Waals surface area contributed by atoms with Crippen LogP contribution in [0, 0.1) is 0 Å². The van der Waals surface area contributed by atoms with Gasteiger partial charge in [0.05, 0.1) is 0 Å². The molecule has 1 aromatic carbocycles. The van der Waals surface area contributed by atoms with Gasteiger partial charge in [0, 0.05) is 5.69 Å². The lowest BCUT2D eigenvalue weighted by molar-refractivity contribution is -0.141. The van der Waals surface area contributed by atoms with Crippen LogP contribution in [-0.2, 0) is 9.59 Å². The van der Waals surface area contributed by atoms with E-state index in [4.69, 9.17) is 10.8 Å². The lowest BCUT2D eigenvalue weighted by Gasteiger charge is -2.14. The summed E-state index contributed by atoms with van der Waals surface area (Å²) in [6.07, 6.45) is 0. The fourth-order valence-electron chi connectivity index (χ4n) is 1.44. The predicted octanol–water partition coefficient (Wildman–Crippen LogP) is 1.16. The topological polar surface area (TPSA) is 92.4 Å². The zero-order valence-electron chi connectivity index (χ0n) is 9.81. The van der Waals surface area contributed by atoms with Gasteiger partial charge in [0.1, 0.15) is 0 Å². The van der Waals surface area contributed by atoms with Crippen LogP contribution in [-0.4, -0.2) is 23.0 Å². The number of amides is 1. The highest BCUT2D eigenvalue weighted by Crippen LogP contribution is 2.23. The van der Waals surface area contributed by atoms with Crippen LogP contribution in [0.2, 0.25) is 0 Å². The number of benzene rings is 1. The molecule has 0 radical (unpaired) electrons. The Balaban J connectivity index is 2.88. The van der Waals surface area contributed by atoms with Crippen molar-refractivity contribution in [3.05, 3.63) is 29.8 Å². The summed E-state index contributed by atoms with van der Waals surface area (Å²) in [7, 11) is 0. The fraction of sp³-hybridized carbons (Fsp3) is 0.333. The van der Waals surface area contributed by atoms with Crippen molar-refractivity contribution in [2.75, 3.05) is 5.32 Å². The highest BCUT2D eigenvalue weighted by molar-refractivity contribution is 6.07. The largest absolute Gasteiger partial charge is 0.480 e. The van der Waals surface area contributed by atoms with E-state index in [1.165, 1.54) is 0 Å². The van der Waals surface area contributed by atoms with Gasteiger partial charge in [-0.25, -0.2) is 4.79 Å². The first kappa shape index (κ1) is 13.2. The molecule has 0 aliphatic heterocycles. The van der Waals surface area contributed by atoms with E-state index in [0.29, 0.717) is 5.69 Å². The summed E-state index contributed by atoms with van der Waals surface area (Å²) in [6.45, 7) is 3.98. The smallest absolute Gasteiger partial charge is 0.330 e. The predicted molar refractivity (Wildman–Crippen MR) is 64.8 cm³/mol. The normalized spacial score (nSPS) is 12.2. The van der Waals surface area contributed by atoms with E-state index in [2.05, 4.69) is 5.32 Å². The van der Waals surface area contributed by atoms with Gasteiger partial charge in [0.2, 0.25) is 0 Å². The minimum absolute atomic E-state index is 0.229. The van der Waals surface area contributed by atoms with Crippen LogP contribution in [0.5, 0.6) is 0 Å². The molecule has 0 saturated heterocycles. The van der Waals surface area contributed by atoms with Crippen molar-refractivity contribution < 1.29 is 14.7 Å². The van der Waals surface area contributed by atoms with Crippen LogP contribution >= 0.6 is 0 Å². The molecule has 0 saturated carbocycles. The first-order valence-corrected chi connectivity index (χ1v) is 5.31. The van der Waals surface area contributed by atoms with Gasteiger partial charge in [-0.3, -0.25) is 4.79 Å². The van der Waals surface area contributed by atoms with E-state index in [9.17, 15) is 9.59 Å². The summed E-state index contributed by atoms with van der Waals surface area (Å²) in [4.78, 5) is 22.1. The zero-order chi connectivity index (χ0) is 13.0. The van der Waals surface area contributed by atoms with Gasteiger partial charge >= 0.3 is 5.97 Å². The molecule has 17 heavy (non-hydrogen) atoms. The van der Waals surface area contributed by atoms with Crippen molar-refractivity contribution in [3.63, 3.8) is 0 Å². The third kappa shape index (κ3) is 3.29. The number of carboxylic acids is 1. The molecule has 0 spiro atoms. The number of nitrogens with two attached hydrogens (primary N) is 1. The Hall–Kier alpha value is -1.88. The highest BCUT2D eigenvalue weighted by Gasteiger charge is 2.22. The molecule has 0 bridgehead atoms. The summed E-state index contributed by atoms with van der Waals surface area (Å²) in [5.41, 5.74) is 6.77. The number of nitrogens with one attached hydrogen (secondary N) is 1. The van der Waals surface area contributed by atoms with Crippen molar-refractivity contribution in [3.8, 4) is 0 Å². The number of rotatable bonds is 4. The fourth-order valence-corrected chi connectivity index (χ4v) is 1.44. The Bertz CT molecular complexity index is 430. The average Bonchev–Trinajstić information content (AvgIpc) is 2.28. The van der Waals surface area contributed by atoms with Crippen LogP contribution in [0.25, 0.3) is 0 Å². The van der Waals surface area contributed by atoms with E-state index in [1.54, 1.807) is 12.1 Å². The molecule has 1 rings (SSSR count). The molecule has 4 N–H and O–H groups in total. The van der Waals surface area contributed by atoms with E-state index >= 15 is 0 Å². The molecule has 0 fully saturated rings. The molecule has 0 aliphatic rings. The molecule has 1 atom stereocenters. The van der Waals surface area contributed by atoms with Crippen LogP contribution < -0.4 is 11.1 Å². The number of para-hydroxylation sites is 1. The Labute approximate surface area is 99.6 Å². The molecule has 1 aromatic rings. The standard InChI is InChI=1S/C12H16N2O3/c1-7(2)8-5-3-4-6-9(8)14-11(15)10(13)12(16)17/h3-7,10H,13H2,1-2H3,(H,14,15)(H,16,17). The zero-order valence-corrected chi connectivity index (χ0v) is 9.81. The minimum Gasteiger partial charge on any atom is -0.480 e. The van der Waals surface area contributed by atoms with Gasteiger partial charge in [0.25, 0.3) is 5.91 Å². The first-order chi connectivity index (χ1) is 7.93. The van der Waals surface area contributed by atoms with Gasteiger partial charge in [-0.2, -0.15) is 0 Å². The summed E-state index contributed by atoms with van der Waals surface area (Å²) in [5, 5.41) is 11.2. The number of hydrogen-bond donors (Lipinski definition) is 3. The first-order valence-electron chi connectivity index (χ1n) is 5.31. The summed E-state index contributed by atoms with van der Waals surface area (Å²) in [6, 6.07) is 5.69. The van der Waals surface area contributed by atoms with E-state index < -0.39 is 17.9 Å². The van der Waals surface area contributed by atoms with E-state index in [0.717, 1.165) is 5.56 Å². The lowest BCUT2D eigenvalue weighted by atomic mass is 10.0. The maximum atomic E-state index is 11.5. The minimum atomic E-state index is -1.55. The van der Waals surface area contributed by atoms with Crippen molar-refractivity contribution in [1.82, 2.24) is 0 Å². The van der Waals surface area contributed by atoms with Crippen molar-refractivity contribution >= 4 is 17.6 Å². The van der Waals surface area contributed by atoms with Gasteiger partial charge in [-0.05, 0) is 17.5 Å². The Morgan fingerprint density at radius 1 is 1.29 bits per heavy atom. The Morgan fingerprint density at radius 3 is 2.41 bits per heavy atom. The molecule has 1 unspecified atom stereocenters. The van der Waals surface area contributed by atoms with E-state index in [1.807, 2.05) is 26.0 Å². The second-order valence-electron chi connectivity index (χ2n) is 4.05. The number of carbonyl (C=O) groups excluding carboxylic acids is 1. The van der Waals surface area contributed by atoms with Crippen LogP contribution in [0.3, 0.4) is 0 Å². The third-order valence-corrected chi connectivity index (χ3v) is 2.39. The molecule has 0 heterocycles. The van der Waals surface area contributed by atoms with Crippen molar-refractivity contribution in [1.29, 1.82) is 0 Å². The second-order valence-corrected chi connectivity index (χ2v) is 4.05. The van der Waals surface area contributed by atoms with Crippen LogP contribution in [0.1, 0.15) is 25.3 Å². The molecule has 0 aromatic heterocycles. The average molecular weight is 236 g/mol. The van der Waals surface area contributed by atoms with Gasteiger partial charge in [-0.15, -0.1) is 0 Å². The monoisotopic (exact) mass is 236 g/mol. The van der Waals surface area contributed by atoms with Crippen LogP contribution in [0.4, 0.5) is 5.69 Å². The summed E-state index contributed by atoms with van der Waals surface area (Å²) < 4.78 is 0. The maximum Gasteiger partial charge on any atom is 0.330 e. The molecular weight excluding hydrogens is 220 g/mol. The second kappa shape index (κ2) is 5.45. The Kier molecular flexibility index (Phi) is 4.23. The van der Waals surface area contributed by atoms with E-state index in [-0.39, 0.29) is 5.92 Å². The summed E-state index contributed by atoms with van der Waals surface area (Å²) >= 11 is 0. The molecule has 0 aliphatic carbocycles. The van der Waals surface area contributed by atoms with Gasteiger partial charge in [-0.1, -0.05) is 32.0 Å². The molecule has 1 amide bonds. The number of hydrogen-bond acceptors (Lipinski definition) is 3. The molecular formula is C12H16N2O3. The molecule has 92 valence electrons. The number of carbonyl (C=O) groups is 2. The van der Waals surface area contributed by atoms with Crippen molar-refractivity contribution in [2.45, 2.75) is 25.8 Å². The molecule has 5 nitrogen and oxygen atoms in total. The number of carboxylic acid groups (broad SMARTS) is 1. The quantitative estimate of drug-likeness (QED) is 0.684. The van der Waals surface area contributed by atoms with Crippen LogP contribution in [0.15, 0.2) is 24.3 Å². The lowest BCUT2D eigenvalue weighted by Crippen LogP contribution is -2.42. The SMILES string of the molecule is CC(C)c1ccccc1NC(=O)C(N)C(=O)O. The van der Waals surface area contributed by atoms with Crippen molar-refractivity contribution in [2.24, 2.45) is 5.73 Å². The maximum absolute atomic E-state index is 11.5. The summed E-state index contributed by atoms with van der Waals surface area (Å²) in [5.74, 6) is -1.83. The number of aliphatic carboxylic acids is 1. The highest BCUT2D eigenvalue weighted by atomic mass is 16.4. The van der Waals surface area contributed by atoms with Gasteiger partial charge < -0.3 is 16.2 Å². The van der Waals surface area contributed by atoms with Gasteiger partial charge in [0.15, 0.2) is 6.04 Å². The Morgan fingerprint density at radius 2 is 1.88 bits per heavy atom.